The lowest BCUT2D eigenvalue weighted by molar-refractivity contribution is 0.0666. The molecule has 0 radical (unpaired) electrons. The largest absolute Gasteiger partial charge is 0.352 e. The van der Waals surface area contributed by atoms with Gasteiger partial charge in [0.2, 0.25) is 0 Å². The summed E-state index contributed by atoms with van der Waals surface area (Å²) in [6, 6.07) is 22.0. The van der Waals surface area contributed by atoms with Crippen LogP contribution in [0.1, 0.15) is 53.7 Å². The molecule has 40 heavy (non-hydrogen) atoms. The molecule has 0 aromatic heterocycles. The molecule has 2 aliphatic heterocycles. The standard InChI is InChI=1S/C34H23F2NO3/c1-19-6-8-21(9-7-19)31(38)30-29(20-10-13-23(35)14-11-20)34(32(39)25-4-2-3-5-26(25)33(34)40)28-17-12-22-18-24(36)15-16-27(22)37(28)30/h2-18,28-30H,1H3/t28-,29-,30+/m0/s1. The first kappa shape index (κ1) is 24.3. The number of hydrogen-bond donors (Lipinski definition) is 0. The van der Waals surface area contributed by atoms with Gasteiger partial charge in [0.25, 0.3) is 0 Å². The number of anilines is 1. The van der Waals surface area contributed by atoms with E-state index in [9.17, 15) is 23.2 Å². The number of carbonyl (C=O) groups excluding carboxylic acids is 3. The van der Waals surface area contributed by atoms with E-state index in [0.29, 0.717) is 33.5 Å². The summed E-state index contributed by atoms with van der Waals surface area (Å²) in [4.78, 5) is 45.4. The molecule has 1 saturated heterocycles. The summed E-state index contributed by atoms with van der Waals surface area (Å²) in [7, 11) is 0. The predicted molar refractivity (Wildman–Crippen MR) is 148 cm³/mol. The van der Waals surface area contributed by atoms with Crippen LogP contribution in [0.4, 0.5) is 14.5 Å². The van der Waals surface area contributed by atoms with Gasteiger partial charge >= 0.3 is 0 Å². The van der Waals surface area contributed by atoms with Gasteiger partial charge < -0.3 is 4.90 Å². The average Bonchev–Trinajstić information content (AvgIpc) is 3.39. The first-order valence-electron chi connectivity index (χ1n) is 13.1. The van der Waals surface area contributed by atoms with E-state index in [1.54, 1.807) is 66.7 Å². The van der Waals surface area contributed by atoms with Crippen molar-refractivity contribution in [1.82, 2.24) is 0 Å². The maximum atomic E-state index is 14.5. The maximum Gasteiger partial charge on any atom is 0.185 e. The summed E-state index contributed by atoms with van der Waals surface area (Å²) in [5, 5.41) is 0. The van der Waals surface area contributed by atoms with Crippen molar-refractivity contribution < 1.29 is 23.2 Å². The topological polar surface area (TPSA) is 54.5 Å². The number of halogens is 2. The molecule has 4 aromatic rings. The highest BCUT2D eigenvalue weighted by atomic mass is 19.1. The zero-order valence-corrected chi connectivity index (χ0v) is 21.5. The minimum atomic E-state index is -1.69. The highest BCUT2D eigenvalue weighted by Crippen LogP contribution is 2.61. The first-order valence-corrected chi connectivity index (χ1v) is 13.1. The summed E-state index contributed by atoms with van der Waals surface area (Å²) in [6.45, 7) is 1.92. The molecule has 3 atom stereocenters. The van der Waals surface area contributed by atoms with Crippen molar-refractivity contribution in [3.05, 3.63) is 142 Å². The summed E-state index contributed by atoms with van der Waals surface area (Å²) >= 11 is 0. The van der Waals surface area contributed by atoms with Crippen molar-refractivity contribution in [2.45, 2.75) is 24.9 Å². The molecule has 0 saturated carbocycles. The number of Topliss-reactive ketones (excluding diaryl/α,β-unsaturated/α-hetero) is 3. The Labute approximate surface area is 229 Å². The first-order chi connectivity index (χ1) is 19.3. The van der Waals surface area contributed by atoms with E-state index in [1.165, 1.54) is 24.3 Å². The van der Waals surface area contributed by atoms with Gasteiger partial charge in [0, 0.05) is 33.9 Å². The minimum Gasteiger partial charge on any atom is -0.352 e. The predicted octanol–water partition coefficient (Wildman–Crippen LogP) is 6.59. The second-order valence-corrected chi connectivity index (χ2v) is 10.7. The molecule has 2 heterocycles. The van der Waals surface area contributed by atoms with Gasteiger partial charge in [-0.15, -0.1) is 0 Å². The number of carbonyl (C=O) groups is 3. The van der Waals surface area contributed by atoms with Crippen LogP contribution in [-0.2, 0) is 0 Å². The molecule has 4 nitrogen and oxygen atoms in total. The second kappa shape index (κ2) is 8.65. The van der Waals surface area contributed by atoms with Crippen molar-refractivity contribution in [3.8, 4) is 0 Å². The zero-order valence-electron chi connectivity index (χ0n) is 21.5. The molecule has 1 fully saturated rings. The lowest BCUT2D eigenvalue weighted by Crippen LogP contribution is -2.48. The van der Waals surface area contributed by atoms with Crippen LogP contribution in [-0.4, -0.2) is 29.4 Å². The molecular formula is C34H23F2NO3. The van der Waals surface area contributed by atoms with Crippen molar-refractivity contribution in [2.75, 3.05) is 4.90 Å². The van der Waals surface area contributed by atoms with E-state index in [1.807, 2.05) is 24.0 Å². The van der Waals surface area contributed by atoms with Gasteiger partial charge in [0.15, 0.2) is 17.3 Å². The number of rotatable bonds is 3. The Morgan fingerprint density at radius 2 is 1.43 bits per heavy atom. The number of hydrogen-bond acceptors (Lipinski definition) is 4. The molecule has 1 aliphatic carbocycles. The highest BCUT2D eigenvalue weighted by molar-refractivity contribution is 6.32. The molecule has 4 aromatic carbocycles. The van der Waals surface area contributed by atoms with Gasteiger partial charge in [-0.3, -0.25) is 14.4 Å². The van der Waals surface area contributed by atoms with Gasteiger partial charge in [-0.2, -0.15) is 0 Å². The number of ketones is 3. The van der Waals surface area contributed by atoms with Crippen LogP contribution in [0.3, 0.4) is 0 Å². The number of aryl methyl sites for hydroxylation is 1. The number of benzene rings is 4. The van der Waals surface area contributed by atoms with Crippen molar-refractivity contribution in [1.29, 1.82) is 0 Å². The molecule has 6 heteroatoms. The molecule has 1 spiro atoms. The Hall–Kier alpha value is -4.71. The normalized spacial score (nSPS) is 21.9. The molecule has 3 aliphatic rings. The van der Waals surface area contributed by atoms with Gasteiger partial charge in [-0.05, 0) is 42.8 Å². The Bertz CT molecular complexity index is 1720. The lowest BCUT2D eigenvalue weighted by Gasteiger charge is -2.37. The van der Waals surface area contributed by atoms with Crippen LogP contribution in [0.25, 0.3) is 6.08 Å². The summed E-state index contributed by atoms with van der Waals surface area (Å²) in [5.74, 6) is -2.87. The van der Waals surface area contributed by atoms with Gasteiger partial charge in [0.05, 0.1) is 6.04 Å². The maximum absolute atomic E-state index is 14.5. The second-order valence-electron chi connectivity index (χ2n) is 10.7. The van der Waals surface area contributed by atoms with E-state index in [4.69, 9.17) is 0 Å². The molecule has 196 valence electrons. The van der Waals surface area contributed by atoms with Crippen molar-refractivity contribution in [3.63, 3.8) is 0 Å². The average molecular weight is 532 g/mol. The van der Waals surface area contributed by atoms with Crippen LogP contribution >= 0.6 is 0 Å². The van der Waals surface area contributed by atoms with Crippen LogP contribution < -0.4 is 4.90 Å². The van der Waals surface area contributed by atoms with Crippen LogP contribution in [0, 0.1) is 24.0 Å². The van der Waals surface area contributed by atoms with E-state index in [0.717, 1.165) is 5.56 Å². The Morgan fingerprint density at radius 3 is 2.08 bits per heavy atom. The monoisotopic (exact) mass is 531 g/mol. The van der Waals surface area contributed by atoms with Crippen molar-refractivity contribution >= 4 is 29.1 Å². The molecule has 0 N–H and O–H groups in total. The Kier molecular flexibility index (Phi) is 5.26. The third-order valence-corrected chi connectivity index (χ3v) is 8.60. The van der Waals surface area contributed by atoms with Crippen LogP contribution in [0.15, 0.2) is 97.1 Å². The van der Waals surface area contributed by atoms with Crippen LogP contribution in [0.2, 0.25) is 0 Å². The number of fused-ring (bicyclic) bond motifs is 5. The SMILES string of the molecule is Cc1ccc(C(=O)[C@H]2[C@H](c3ccc(F)cc3)C3(C(=O)c4ccccc4C3=O)[C@@H]3C=Cc4cc(F)ccc4N32)cc1. The van der Waals surface area contributed by atoms with Gasteiger partial charge in [-0.1, -0.05) is 78.4 Å². The van der Waals surface area contributed by atoms with E-state index in [2.05, 4.69) is 0 Å². The smallest absolute Gasteiger partial charge is 0.185 e. The van der Waals surface area contributed by atoms with Crippen molar-refractivity contribution in [2.24, 2.45) is 5.41 Å². The quantitative estimate of drug-likeness (QED) is 0.221. The summed E-state index contributed by atoms with van der Waals surface area (Å²) in [6.07, 6.45) is 3.45. The van der Waals surface area contributed by atoms with E-state index < -0.39 is 35.1 Å². The van der Waals surface area contributed by atoms with Crippen LogP contribution in [0.5, 0.6) is 0 Å². The summed E-state index contributed by atoms with van der Waals surface area (Å²) < 4.78 is 28.5. The van der Waals surface area contributed by atoms with E-state index >= 15 is 0 Å². The number of nitrogens with zero attached hydrogens (tertiary/aromatic N) is 1. The third-order valence-electron chi connectivity index (χ3n) is 8.60. The van der Waals surface area contributed by atoms with Gasteiger partial charge in [-0.25, -0.2) is 8.78 Å². The third kappa shape index (κ3) is 3.19. The van der Waals surface area contributed by atoms with E-state index in [-0.39, 0.29) is 17.3 Å². The molecular weight excluding hydrogens is 508 g/mol. The summed E-state index contributed by atoms with van der Waals surface area (Å²) in [5.41, 5.74) is 1.94. The minimum absolute atomic E-state index is 0.279. The molecule has 0 amide bonds. The molecule has 0 bridgehead atoms. The Morgan fingerprint density at radius 1 is 0.800 bits per heavy atom. The fourth-order valence-electron chi connectivity index (χ4n) is 6.88. The molecule has 0 unspecified atom stereocenters. The Balaban J connectivity index is 1.54. The highest BCUT2D eigenvalue weighted by Gasteiger charge is 2.71. The zero-order chi connectivity index (χ0) is 27.8. The fourth-order valence-corrected chi connectivity index (χ4v) is 6.88. The molecule has 7 rings (SSSR count). The van der Waals surface area contributed by atoms with Gasteiger partial charge in [0.1, 0.15) is 23.1 Å². The fraction of sp³-hybridized carbons (Fsp3) is 0.147. The lowest BCUT2D eigenvalue weighted by atomic mass is 9.64.